The number of nitrogens with zero attached hydrogens (tertiary/aromatic N) is 5. The second-order valence-electron chi connectivity index (χ2n) is 6.59. The normalized spacial score (nSPS) is 10.9. The van der Waals surface area contributed by atoms with Gasteiger partial charge in [-0.2, -0.15) is 5.10 Å². The number of carbonyl (C=O) groups is 1. The van der Waals surface area contributed by atoms with Crippen LogP contribution in [-0.2, 0) is 24.3 Å². The summed E-state index contributed by atoms with van der Waals surface area (Å²) < 4.78 is 12.7. The fraction of sp³-hybridized carbons (Fsp3) is 0.400. The molecule has 0 fully saturated rings. The summed E-state index contributed by atoms with van der Waals surface area (Å²) in [5.41, 5.74) is 2.73. The van der Waals surface area contributed by atoms with Gasteiger partial charge in [0.25, 0.3) is 5.89 Å². The number of methoxy groups -OCH3 is 1. The molecule has 8 heteroatoms. The molecule has 0 aliphatic carbocycles. The van der Waals surface area contributed by atoms with Gasteiger partial charge in [-0.1, -0.05) is 12.1 Å². The summed E-state index contributed by atoms with van der Waals surface area (Å²) in [5, 5.41) is 12.6. The maximum Gasteiger partial charge on any atom is 0.265 e. The Labute approximate surface area is 164 Å². The molecule has 0 unspecified atom stereocenters. The number of aromatic nitrogens is 4. The molecule has 1 amide bonds. The van der Waals surface area contributed by atoms with Gasteiger partial charge in [-0.05, 0) is 37.6 Å². The SMILES string of the molecule is CCn1nc(C)cc1-c1nnc(CCC(=O)N(C)Cc2ccc(OC)cc2)o1. The van der Waals surface area contributed by atoms with Crippen molar-refractivity contribution < 1.29 is 13.9 Å². The molecule has 8 nitrogen and oxygen atoms in total. The first-order valence-electron chi connectivity index (χ1n) is 9.24. The summed E-state index contributed by atoms with van der Waals surface area (Å²) in [4.78, 5) is 14.1. The van der Waals surface area contributed by atoms with Gasteiger partial charge in [-0.25, -0.2) is 0 Å². The van der Waals surface area contributed by atoms with Crippen molar-refractivity contribution in [2.75, 3.05) is 14.2 Å². The molecular weight excluding hydrogens is 358 g/mol. The van der Waals surface area contributed by atoms with Crippen LogP contribution in [-0.4, -0.2) is 44.9 Å². The smallest absolute Gasteiger partial charge is 0.265 e. The Morgan fingerprint density at radius 1 is 1.25 bits per heavy atom. The number of rotatable bonds is 8. The zero-order chi connectivity index (χ0) is 20.1. The van der Waals surface area contributed by atoms with Crippen LogP contribution in [0.1, 0.15) is 30.5 Å². The summed E-state index contributed by atoms with van der Waals surface area (Å²) in [6, 6.07) is 9.58. The van der Waals surface area contributed by atoms with Crippen molar-refractivity contribution in [1.82, 2.24) is 24.9 Å². The molecule has 0 atom stereocenters. The lowest BCUT2D eigenvalue weighted by Crippen LogP contribution is -2.26. The van der Waals surface area contributed by atoms with Crippen LogP contribution >= 0.6 is 0 Å². The van der Waals surface area contributed by atoms with E-state index in [9.17, 15) is 4.79 Å². The van der Waals surface area contributed by atoms with Crippen LogP contribution in [0.15, 0.2) is 34.7 Å². The Balaban J connectivity index is 1.56. The Kier molecular flexibility index (Phi) is 6.08. The maximum absolute atomic E-state index is 12.4. The number of carbonyl (C=O) groups excluding carboxylic acids is 1. The number of amides is 1. The van der Waals surface area contributed by atoms with Crippen LogP contribution in [0, 0.1) is 6.92 Å². The Hall–Kier alpha value is -3.16. The highest BCUT2D eigenvalue weighted by molar-refractivity contribution is 5.76. The standard InChI is InChI=1S/C20H25N5O3/c1-5-25-17(12-14(2)23-25)20-22-21-18(28-20)10-11-19(26)24(3)13-15-6-8-16(27-4)9-7-15/h6-9,12H,5,10-11,13H2,1-4H3. The predicted molar refractivity (Wildman–Crippen MR) is 104 cm³/mol. The predicted octanol–water partition coefficient (Wildman–Crippen LogP) is 2.86. The van der Waals surface area contributed by atoms with Gasteiger partial charge in [0.15, 0.2) is 0 Å². The van der Waals surface area contributed by atoms with Gasteiger partial charge >= 0.3 is 0 Å². The largest absolute Gasteiger partial charge is 0.497 e. The molecule has 0 radical (unpaired) electrons. The van der Waals surface area contributed by atoms with Crippen molar-refractivity contribution in [3.05, 3.63) is 47.5 Å². The van der Waals surface area contributed by atoms with Crippen molar-refractivity contribution in [2.24, 2.45) is 0 Å². The molecule has 0 aliphatic rings. The van der Waals surface area contributed by atoms with Gasteiger partial charge < -0.3 is 14.1 Å². The first kappa shape index (κ1) is 19.6. The molecule has 2 aromatic heterocycles. The minimum Gasteiger partial charge on any atom is -0.497 e. The maximum atomic E-state index is 12.4. The Morgan fingerprint density at radius 2 is 2.00 bits per heavy atom. The van der Waals surface area contributed by atoms with Crippen molar-refractivity contribution in [2.45, 2.75) is 39.8 Å². The molecular formula is C20H25N5O3. The van der Waals surface area contributed by atoms with E-state index in [4.69, 9.17) is 9.15 Å². The summed E-state index contributed by atoms with van der Waals surface area (Å²) in [7, 11) is 3.42. The van der Waals surface area contributed by atoms with Crippen LogP contribution in [0.4, 0.5) is 0 Å². The van der Waals surface area contributed by atoms with E-state index >= 15 is 0 Å². The summed E-state index contributed by atoms with van der Waals surface area (Å²) in [5.74, 6) is 1.69. The van der Waals surface area contributed by atoms with Crippen LogP contribution in [0.25, 0.3) is 11.6 Å². The van der Waals surface area contributed by atoms with E-state index in [1.165, 1.54) is 0 Å². The number of hydrogen-bond acceptors (Lipinski definition) is 6. The third kappa shape index (κ3) is 4.57. The highest BCUT2D eigenvalue weighted by atomic mass is 16.5. The second-order valence-corrected chi connectivity index (χ2v) is 6.59. The number of ether oxygens (including phenoxy) is 1. The van der Waals surface area contributed by atoms with Crippen LogP contribution in [0.5, 0.6) is 5.75 Å². The molecule has 0 N–H and O–H groups in total. The number of hydrogen-bond donors (Lipinski definition) is 0. The Bertz CT molecular complexity index is 930. The van der Waals surface area contributed by atoms with Crippen molar-refractivity contribution in [1.29, 1.82) is 0 Å². The highest BCUT2D eigenvalue weighted by Gasteiger charge is 2.16. The van der Waals surface area contributed by atoms with Crippen LogP contribution in [0.3, 0.4) is 0 Å². The second kappa shape index (κ2) is 8.69. The molecule has 3 rings (SSSR count). The topological polar surface area (TPSA) is 86.3 Å². The molecule has 0 bridgehead atoms. The van der Waals surface area contributed by atoms with Gasteiger partial charge in [-0.15, -0.1) is 10.2 Å². The lowest BCUT2D eigenvalue weighted by molar-refractivity contribution is -0.130. The average Bonchev–Trinajstić information content (AvgIpc) is 3.32. The van der Waals surface area contributed by atoms with E-state index in [1.54, 1.807) is 19.1 Å². The van der Waals surface area contributed by atoms with E-state index in [-0.39, 0.29) is 5.91 Å². The number of benzene rings is 1. The van der Waals surface area contributed by atoms with E-state index in [0.29, 0.717) is 31.2 Å². The summed E-state index contributed by atoms with van der Waals surface area (Å²) in [6.07, 6.45) is 0.707. The van der Waals surface area contributed by atoms with Gasteiger partial charge in [0, 0.05) is 33.0 Å². The molecule has 1 aromatic carbocycles. The minimum atomic E-state index is 0.0185. The first-order chi connectivity index (χ1) is 13.5. The molecule has 3 aromatic rings. The monoisotopic (exact) mass is 383 g/mol. The van der Waals surface area contributed by atoms with E-state index in [0.717, 1.165) is 29.2 Å². The first-order valence-corrected chi connectivity index (χ1v) is 9.24. The van der Waals surface area contributed by atoms with Crippen molar-refractivity contribution in [3.8, 4) is 17.3 Å². The third-order valence-corrected chi connectivity index (χ3v) is 4.44. The Morgan fingerprint density at radius 3 is 2.68 bits per heavy atom. The van der Waals surface area contributed by atoms with E-state index in [2.05, 4.69) is 15.3 Å². The molecule has 2 heterocycles. The summed E-state index contributed by atoms with van der Waals surface area (Å²) in [6.45, 7) is 5.18. The van der Waals surface area contributed by atoms with Crippen molar-refractivity contribution >= 4 is 5.91 Å². The minimum absolute atomic E-state index is 0.0185. The van der Waals surface area contributed by atoms with E-state index < -0.39 is 0 Å². The van der Waals surface area contributed by atoms with Gasteiger partial charge in [0.05, 0.1) is 12.8 Å². The quantitative estimate of drug-likeness (QED) is 0.594. The molecule has 28 heavy (non-hydrogen) atoms. The zero-order valence-corrected chi connectivity index (χ0v) is 16.7. The lowest BCUT2D eigenvalue weighted by atomic mass is 10.2. The zero-order valence-electron chi connectivity index (χ0n) is 16.7. The molecule has 0 saturated carbocycles. The molecule has 0 spiro atoms. The van der Waals surface area contributed by atoms with Gasteiger partial charge in [0.2, 0.25) is 11.8 Å². The van der Waals surface area contributed by atoms with Gasteiger partial charge in [0.1, 0.15) is 11.4 Å². The average molecular weight is 383 g/mol. The van der Waals surface area contributed by atoms with Crippen molar-refractivity contribution in [3.63, 3.8) is 0 Å². The van der Waals surface area contributed by atoms with Gasteiger partial charge in [-0.3, -0.25) is 9.48 Å². The third-order valence-electron chi connectivity index (χ3n) is 4.44. The highest BCUT2D eigenvalue weighted by Crippen LogP contribution is 2.20. The molecule has 0 saturated heterocycles. The summed E-state index contributed by atoms with van der Waals surface area (Å²) >= 11 is 0. The number of aryl methyl sites for hydroxylation is 3. The van der Waals surface area contributed by atoms with Crippen LogP contribution in [0.2, 0.25) is 0 Å². The lowest BCUT2D eigenvalue weighted by Gasteiger charge is -2.17. The van der Waals surface area contributed by atoms with Crippen LogP contribution < -0.4 is 4.74 Å². The molecule has 0 aliphatic heterocycles. The fourth-order valence-corrected chi connectivity index (χ4v) is 2.91. The fourth-order valence-electron chi connectivity index (χ4n) is 2.91. The van der Waals surface area contributed by atoms with E-state index in [1.807, 2.05) is 48.9 Å². The molecule has 148 valence electrons.